The molecule has 0 unspecified atom stereocenters. The third-order valence-electron chi connectivity index (χ3n) is 4.04. The molecule has 0 spiro atoms. The molecule has 0 atom stereocenters. The first-order valence-electron chi connectivity index (χ1n) is 8.65. The molecule has 0 saturated carbocycles. The SMILES string of the molecule is CCCOc1ccc(-c2nc3sc(=Cc4c(Cl)cccc4Cl)c(=O)n3n2)cc1. The molecule has 2 aromatic carbocycles. The first kappa shape index (κ1) is 18.9. The molecule has 4 aromatic rings. The topological polar surface area (TPSA) is 56.5 Å². The Morgan fingerprint density at radius 3 is 2.50 bits per heavy atom. The van der Waals surface area contributed by atoms with Gasteiger partial charge in [-0.2, -0.15) is 9.50 Å². The molecular weight excluding hydrogens is 417 g/mol. The van der Waals surface area contributed by atoms with Crippen LogP contribution in [0, 0.1) is 0 Å². The molecule has 142 valence electrons. The van der Waals surface area contributed by atoms with Crippen molar-refractivity contribution in [2.45, 2.75) is 13.3 Å². The van der Waals surface area contributed by atoms with Crippen molar-refractivity contribution in [1.82, 2.24) is 14.6 Å². The zero-order valence-corrected chi connectivity index (χ0v) is 17.2. The van der Waals surface area contributed by atoms with Gasteiger partial charge in [0.05, 0.1) is 11.1 Å². The van der Waals surface area contributed by atoms with Crippen LogP contribution in [0.15, 0.2) is 47.3 Å². The maximum absolute atomic E-state index is 12.7. The summed E-state index contributed by atoms with van der Waals surface area (Å²) in [6, 6.07) is 12.7. The molecule has 8 heteroatoms. The quantitative estimate of drug-likeness (QED) is 0.467. The summed E-state index contributed by atoms with van der Waals surface area (Å²) >= 11 is 13.6. The highest BCUT2D eigenvalue weighted by Gasteiger charge is 2.13. The summed E-state index contributed by atoms with van der Waals surface area (Å²) in [6.07, 6.45) is 2.62. The van der Waals surface area contributed by atoms with E-state index in [9.17, 15) is 4.79 Å². The second kappa shape index (κ2) is 7.91. The van der Waals surface area contributed by atoms with Crippen LogP contribution in [-0.4, -0.2) is 21.2 Å². The zero-order valence-electron chi connectivity index (χ0n) is 14.9. The lowest BCUT2D eigenvalue weighted by atomic mass is 10.2. The van der Waals surface area contributed by atoms with Crippen LogP contribution in [0.5, 0.6) is 5.75 Å². The van der Waals surface area contributed by atoms with Crippen LogP contribution in [0.25, 0.3) is 22.4 Å². The molecule has 2 aromatic heterocycles. The highest BCUT2D eigenvalue weighted by molar-refractivity contribution is 7.15. The van der Waals surface area contributed by atoms with E-state index in [0.29, 0.717) is 37.5 Å². The number of hydrogen-bond acceptors (Lipinski definition) is 5. The summed E-state index contributed by atoms with van der Waals surface area (Å²) in [7, 11) is 0. The van der Waals surface area contributed by atoms with E-state index in [1.165, 1.54) is 15.9 Å². The Kier molecular flexibility index (Phi) is 5.35. The molecule has 0 fully saturated rings. The van der Waals surface area contributed by atoms with Crippen molar-refractivity contribution in [3.63, 3.8) is 0 Å². The second-order valence-corrected chi connectivity index (χ2v) is 7.88. The lowest BCUT2D eigenvalue weighted by molar-refractivity contribution is 0.317. The minimum absolute atomic E-state index is 0.252. The van der Waals surface area contributed by atoms with Gasteiger partial charge in [-0.25, -0.2) is 0 Å². The number of fused-ring (bicyclic) bond motifs is 1. The number of aromatic nitrogens is 3. The Bertz CT molecular complexity index is 1230. The molecule has 5 nitrogen and oxygen atoms in total. The molecule has 0 aliphatic carbocycles. The highest BCUT2D eigenvalue weighted by atomic mass is 35.5. The van der Waals surface area contributed by atoms with Crippen molar-refractivity contribution in [2.75, 3.05) is 6.61 Å². The number of ether oxygens (including phenoxy) is 1. The van der Waals surface area contributed by atoms with E-state index in [-0.39, 0.29) is 5.56 Å². The predicted octanol–water partition coefficient (Wildman–Crippen LogP) is 4.46. The molecule has 0 aliphatic rings. The molecular formula is C20H15Cl2N3O2S. The van der Waals surface area contributed by atoms with Gasteiger partial charge in [0.25, 0.3) is 5.56 Å². The summed E-state index contributed by atoms with van der Waals surface area (Å²) in [6.45, 7) is 2.73. The van der Waals surface area contributed by atoms with Crippen LogP contribution in [0.2, 0.25) is 10.0 Å². The van der Waals surface area contributed by atoms with Crippen molar-refractivity contribution in [3.05, 3.63) is 73.0 Å². The third-order valence-corrected chi connectivity index (χ3v) is 5.66. The van der Waals surface area contributed by atoms with Crippen molar-refractivity contribution in [2.24, 2.45) is 0 Å². The number of nitrogens with zero attached hydrogens (tertiary/aromatic N) is 3. The van der Waals surface area contributed by atoms with E-state index >= 15 is 0 Å². The van der Waals surface area contributed by atoms with Gasteiger partial charge in [0.15, 0.2) is 5.82 Å². The first-order valence-corrected chi connectivity index (χ1v) is 10.2. The van der Waals surface area contributed by atoms with Crippen LogP contribution in [0.4, 0.5) is 0 Å². The van der Waals surface area contributed by atoms with Crippen LogP contribution in [0.1, 0.15) is 18.9 Å². The van der Waals surface area contributed by atoms with Gasteiger partial charge in [0.2, 0.25) is 4.96 Å². The Hall–Kier alpha value is -2.41. The van der Waals surface area contributed by atoms with Crippen molar-refractivity contribution in [1.29, 1.82) is 0 Å². The second-order valence-electron chi connectivity index (χ2n) is 6.05. The van der Waals surface area contributed by atoms with Gasteiger partial charge < -0.3 is 4.74 Å². The van der Waals surface area contributed by atoms with E-state index in [0.717, 1.165) is 17.7 Å². The van der Waals surface area contributed by atoms with E-state index in [2.05, 4.69) is 17.0 Å². The van der Waals surface area contributed by atoms with E-state index in [1.54, 1.807) is 24.3 Å². The smallest absolute Gasteiger partial charge is 0.291 e. The van der Waals surface area contributed by atoms with Crippen LogP contribution in [0.3, 0.4) is 0 Å². The number of benzene rings is 2. The summed E-state index contributed by atoms with van der Waals surface area (Å²) in [5.41, 5.74) is 1.17. The zero-order chi connectivity index (χ0) is 19.7. The fourth-order valence-electron chi connectivity index (χ4n) is 2.66. The van der Waals surface area contributed by atoms with Crippen molar-refractivity contribution < 1.29 is 4.74 Å². The molecule has 2 heterocycles. The molecule has 0 N–H and O–H groups in total. The first-order chi connectivity index (χ1) is 13.6. The number of rotatable bonds is 5. The number of halogens is 2. The van der Waals surface area contributed by atoms with E-state index < -0.39 is 0 Å². The molecule has 4 rings (SSSR count). The highest BCUT2D eigenvalue weighted by Crippen LogP contribution is 2.25. The summed E-state index contributed by atoms with van der Waals surface area (Å²) in [5.74, 6) is 1.29. The van der Waals surface area contributed by atoms with Gasteiger partial charge >= 0.3 is 0 Å². The van der Waals surface area contributed by atoms with Crippen LogP contribution >= 0.6 is 34.5 Å². The van der Waals surface area contributed by atoms with Gasteiger partial charge in [0, 0.05) is 21.2 Å². The molecule has 0 bridgehead atoms. The van der Waals surface area contributed by atoms with Crippen molar-refractivity contribution >= 4 is 45.6 Å². The minimum Gasteiger partial charge on any atom is -0.494 e. The van der Waals surface area contributed by atoms with Gasteiger partial charge in [-0.1, -0.05) is 47.5 Å². The van der Waals surface area contributed by atoms with E-state index in [4.69, 9.17) is 27.9 Å². The lowest BCUT2D eigenvalue weighted by Gasteiger charge is -2.04. The summed E-state index contributed by atoms with van der Waals surface area (Å²) in [5, 5.41) is 5.32. The van der Waals surface area contributed by atoms with Crippen LogP contribution < -0.4 is 14.8 Å². The normalized spacial score (nSPS) is 12.0. The molecule has 0 saturated heterocycles. The molecule has 0 aliphatic heterocycles. The standard InChI is InChI=1S/C20H15Cl2N3O2S/c1-2-10-27-13-8-6-12(7-9-13)18-23-20-25(24-18)19(26)17(28-20)11-14-15(21)4-3-5-16(14)22/h3-9,11H,2,10H2,1H3. The average Bonchev–Trinajstić information content (AvgIpc) is 3.23. The Morgan fingerprint density at radius 2 is 1.86 bits per heavy atom. The van der Waals surface area contributed by atoms with Gasteiger partial charge in [-0.3, -0.25) is 4.79 Å². The van der Waals surface area contributed by atoms with Crippen molar-refractivity contribution in [3.8, 4) is 17.1 Å². The maximum Gasteiger partial charge on any atom is 0.291 e. The number of hydrogen-bond donors (Lipinski definition) is 0. The summed E-state index contributed by atoms with van der Waals surface area (Å²) in [4.78, 5) is 17.7. The Labute approximate surface area is 174 Å². The summed E-state index contributed by atoms with van der Waals surface area (Å²) < 4.78 is 7.36. The Morgan fingerprint density at radius 1 is 1.14 bits per heavy atom. The Balaban J connectivity index is 1.71. The maximum atomic E-state index is 12.7. The largest absolute Gasteiger partial charge is 0.494 e. The molecule has 0 radical (unpaired) electrons. The van der Waals surface area contributed by atoms with Crippen LogP contribution in [-0.2, 0) is 0 Å². The monoisotopic (exact) mass is 431 g/mol. The number of thiazole rings is 1. The molecule has 28 heavy (non-hydrogen) atoms. The van der Waals surface area contributed by atoms with E-state index in [1.807, 2.05) is 24.3 Å². The third kappa shape index (κ3) is 3.63. The lowest BCUT2D eigenvalue weighted by Crippen LogP contribution is -2.23. The fraction of sp³-hybridized carbons (Fsp3) is 0.150. The average molecular weight is 432 g/mol. The van der Waals surface area contributed by atoms with Gasteiger partial charge in [-0.05, 0) is 48.9 Å². The molecule has 0 amide bonds. The fourth-order valence-corrected chi connectivity index (χ4v) is 4.05. The van der Waals surface area contributed by atoms with Gasteiger partial charge in [0.1, 0.15) is 5.75 Å². The van der Waals surface area contributed by atoms with Gasteiger partial charge in [-0.15, -0.1) is 5.10 Å². The predicted molar refractivity (Wildman–Crippen MR) is 114 cm³/mol. The minimum atomic E-state index is -0.252.